The van der Waals surface area contributed by atoms with Crippen LogP contribution < -0.4 is 5.32 Å². The second-order valence-electron chi connectivity index (χ2n) is 6.99. The molecule has 3 atom stereocenters. The van der Waals surface area contributed by atoms with Crippen molar-refractivity contribution in [3.63, 3.8) is 0 Å². The number of esters is 1. The van der Waals surface area contributed by atoms with E-state index in [-0.39, 0.29) is 24.2 Å². The minimum atomic E-state index is -0.570. The maximum Gasteiger partial charge on any atom is 0.327 e. The van der Waals surface area contributed by atoms with Crippen molar-refractivity contribution in [1.82, 2.24) is 10.2 Å². The largest absolute Gasteiger partial charge is 0.468 e. The number of hydrogen-bond donors (Lipinski definition) is 1. The quantitative estimate of drug-likeness (QED) is 0.752. The molecule has 2 aliphatic rings. The molecule has 0 aromatic rings. The van der Waals surface area contributed by atoms with Gasteiger partial charge in [-0.25, -0.2) is 4.79 Å². The summed E-state index contributed by atoms with van der Waals surface area (Å²) in [4.78, 5) is 14.9. The first kappa shape index (κ1) is 16.7. The summed E-state index contributed by atoms with van der Waals surface area (Å²) in [5.74, 6) is 0.270. The van der Waals surface area contributed by atoms with Crippen molar-refractivity contribution in [1.29, 1.82) is 0 Å². The number of ether oxygens (including phenoxy) is 2. The van der Waals surface area contributed by atoms with E-state index < -0.39 is 5.54 Å². The summed E-state index contributed by atoms with van der Waals surface area (Å²) in [6.07, 6.45) is 2.62. The first-order valence-corrected chi connectivity index (χ1v) is 8.11. The van der Waals surface area contributed by atoms with Gasteiger partial charge < -0.3 is 9.47 Å². The van der Waals surface area contributed by atoms with E-state index in [9.17, 15) is 4.79 Å². The Balaban J connectivity index is 2.16. The molecule has 0 amide bonds. The van der Waals surface area contributed by atoms with Gasteiger partial charge in [0, 0.05) is 25.7 Å². The summed E-state index contributed by atoms with van der Waals surface area (Å²) < 4.78 is 11.0. The van der Waals surface area contributed by atoms with Crippen molar-refractivity contribution in [2.45, 2.75) is 64.3 Å². The average Bonchev–Trinajstić information content (AvgIpc) is 3.19. The van der Waals surface area contributed by atoms with Crippen LogP contribution in [0, 0.1) is 5.92 Å². The smallest absolute Gasteiger partial charge is 0.327 e. The molecule has 1 N–H and O–H groups in total. The van der Waals surface area contributed by atoms with Crippen LogP contribution in [-0.2, 0) is 14.3 Å². The van der Waals surface area contributed by atoms with E-state index in [4.69, 9.17) is 9.47 Å². The molecule has 2 fully saturated rings. The molecule has 5 heteroatoms. The van der Waals surface area contributed by atoms with Gasteiger partial charge in [-0.1, -0.05) is 0 Å². The van der Waals surface area contributed by atoms with E-state index in [1.165, 1.54) is 7.11 Å². The number of morpholine rings is 1. The molecule has 122 valence electrons. The molecule has 0 spiro atoms. The average molecular weight is 298 g/mol. The van der Waals surface area contributed by atoms with Gasteiger partial charge in [0.1, 0.15) is 5.54 Å². The third kappa shape index (κ3) is 3.96. The number of carbonyl (C=O) groups is 1. The normalized spacial score (nSPS) is 30.2. The summed E-state index contributed by atoms with van der Waals surface area (Å²) >= 11 is 0. The van der Waals surface area contributed by atoms with Crippen LogP contribution in [0.15, 0.2) is 0 Å². The van der Waals surface area contributed by atoms with Crippen LogP contribution in [0.5, 0.6) is 0 Å². The Morgan fingerprint density at radius 1 is 1.33 bits per heavy atom. The first-order valence-electron chi connectivity index (χ1n) is 8.11. The Bertz CT molecular complexity index is 361. The van der Waals surface area contributed by atoms with E-state index in [2.05, 4.69) is 37.9 Å². The van der Waals surface area contributed by atoms with Gasteiger partial charge in [0.15, 0.2) is 0 Å². The molecule has 1 saturated heterocycles. The highest BCUT2D eigenvalue weighted by Gasteiger charge is 2.53. The molecule has 1 aliphatic heterocycles. The number of rotatable bonds is 6. The van der Waals surface area contributed by atoms with Gasteiger partial charge in [-0.2, -0.15) is 0 Å². The molecule has 1 saturated carbocycles. The predicted molar refractivity (Wildman–Crippen MR) is 82.2 cm³/mol. The molecule has 5 nitrogen and oxygen atoms in total. The molecule has 0 radical (unpaired) electrons. The molecule has 0 aromatic carbocycles. The fourth-order valence-electron chi connectivity index (χ4n) is 3.62. The maximum absolute atomic E-state index is 12.5. The second-order valence-corrected chi connectivity index (χ2v) is 6.99. The topological polar surface area (TPSA) is 50.8 Å². The van der Waals surface area contributed by atoms with E-state index in [1.807, 2.05) is 0 Å². The van der Waals surface area contributed by atoms with Crippen molar-refractivity contribution in [3.05, 3.63) is 0 Å². The van der Waals surface area contributed by atoms with E-state index >= 15 is 0 Å². The Labute approximate surface area is 128 Å². The number of carbonyl (C=O) groups excluding carboxylic acids is 1. The van der Waals surface area contributed by atoms with E-state index in [1.54, 1.807) is 0 Å². The van der Waals surface area contributed by atoms with Crippen molar-refractivity contribution < 1.29 is 14.3 Å². The Kier molecular flexibility index (Phi) is 5.28. The molecular weight excluding hydrogens is 268 g/mol. The third-order valence-corrected chi connectivity index (χ3v) is 4.34. The Hall–Kier alpha value is -0.650. The number of nitrogens with zero attached hydrogens (tertiary/aromatic N) is 1. The predicted octanol–water partition coefficient (Wildman–Crippen LogP) is 1.42. The van der Waals surface area contributed by atoms with E-state index in [0.29, 0.717) is 12.5 Å². The highest BCUT2D eigenvalue weighted by molar-refractivity contribution is 5.82. The fraction of sp³-hybridized carbons (Fsp3) is 0.938. The zero-order chi connectivity index (χ0) is 15.6. The lowest BCUT2D eigenvalue weighted by Gasteiger charge is -2.42. The number of nitrogens with one attached hydrogen (secondary N) is 1. The van der Waals surface area contributed by atoms with Crippen molar-refractivity contribution >= 4 is 5.97 Å². The molecule has 2 rings (SSSR count). The summed E-state index contributed by atoms with van der Waals surface area (Å²) in [5.41, 5.74) is -0.570. The van der Waals surface area contributed by atoms with Crippen LogP contribution in [-0.4, -0.2) is 61.4 Å². The Morgan fingerprint density at radius 3 is 2.33 bits per heavy atom. The molecule has 0 aromatic heterocycles. The molecular formula is C16H30N2O3. The molecule has 0 bridgehead atoms. The highest BCUT2D eigenvalue weighted by Crippen LogP contribution is 2.41. The van der Waals surface area contributed by atoms with Gasteiger partial charge in [0.05, 0.1) is 19.3 Å². The molecule has 1 aliphatic carbocycles. The zero-order valence-corrected chi connectivity index (χ0v) is 14.0. The second kappa shape index (κ2) is 6.63. The zero-order valence-electron chi connectivity index (χ0n) is 14.0. The Morgan fingerprint density at radius 2 is 1.90 bits per heavy atom. The highest BCUT2D eigenvalue weighted by atomic mass is 16.5. The molecule has 21 heavy (non-hydrogen) atoms. The first-order chi connectivity index (χ1) is 9.87. The summed E-state index contributed by atoms with van der Waals surface area (Å²) in [7, 11) is 1.49. The van der Waals surface area contributed by atoms with Crippen molar-refractivity contribution in [3.8, 4) is 0 Å². The van der Waals surface area contributed by atoms with E-state index in [0.717, 1.165) is 25.9 Å². The number of hydrogen-bond acceptors (Lipinski definition) is 5. The monoisotopic (exact) mass is 298 g/mol. The minimum absolute atomic E-state index is 0.120. The van der Waals surface area contributed by atoms with Crippen LogP contribution >= 0.6 is 0 Å². The minimum Gasteiger partial charge on any atom is -0.468 e. The molecule has 1 heterocycles. The molecule has 1 unspecified atom stereocenters. The standard InChI is InChI=1S/C16H30N2O3/c1-11(2)17-16(14-6-7-14,15(19)20-5)10-18-8-12(3)21-13(4)9-18/h11-14,17H,6-10H2,1-5H3/t12-,13+,16?. The van der Waals surface area contributed by atoms with Gasteiger partial charge in [-0.3, -0.25) is 10.2 Å². The SMILES string of the molecule is COC(=O)C(CN1C[C@@H](C)O[C@@H](C)C1)(NC(C)C)C1CC1. The lowest BCUT2D eigenvalue weighted by Crippen LogP contribution is -2.64. The summed E-state index contributed by atoms with van der Waals surface area (Å²) in [6.45, 7) is 10.8. The van der Waals surface area contributed by atoms with Gasteiger partial charge >= 0.3 is 5.97 Å². The van der Waals surface area contributed by atoms with Crippen LogP contribution in [0.4, 0.5) is 0 Å². The summed E-state index contributed by atoms with van der Waals surface area (Å²) in [5, 5.41) is 3.53. The van der Waals surface area contributed by atoms with Gasteiger partial charge in [0.25, 0.3) is 0 Å². The summed E-state index contributed by atoms with van der Waals surface area (Å²) in [6, 6.07) is 0.251. The lowest BCUT2D eigenvalue weighted by molar-refractivity contribution is -0.153. The van der Waals surface area contributed by atoms with Gasteiger partial charge in [-0.05, 0) is 46.5 Å². The van der Waals surface area contributed by atoms with Crippen molar-refractivity contribution in [2.75, 3.05) is 26.7 Å². The van der Waals surface area contributed by atoms with Crippen LogP contribution in [0.1, 0.15) is 40.5 Å². The van der Waals surface area contributed by atoms with Crippen LogP contribution in [0.25, 0.3) is 0 Å². The fourth-order valence-corrected chi connectivity index (χ4v) is 3.62. The van der Waals surface area contributed by atoms with Crippen molar-refractivity contribution in [2.24, 2.45) is 5.92 Å². The maximum atomic E-state index is 12.5. The number of methoxy groups -OCH3 is 1. The third-order valence-electron chi connectivity index (χ3n) is 4.34. The van der Waals surface area contributed by atoms with Gasteiger partial charge in [-0.15, -0.1) is 0 Å². The van der Waals surface area contributed by atoms with Crippen LogP contribution in [0.3, 0.4) is 0 Å². The van der Waals surface area contributed by atoms with Gasteiger partial charge in [0.2, 0.25) is 0 Å². The van der Waals surface area contributed by atoms with Crippen LogP contribution in [0.2, 0.25) is 0 Å². The lowest BCUT2D eigenvalue weighted by atomic mass is 9.90.